The SMILES string of the molecule is CC(O)c1ccc(Cl)c(S(N)(=O)=O)c1. The van der Waals surface area contributed by atoms with E-state index >= 15 is 0 Å². The third kappa shape index (κ3) is 2.45. The summed E-state index contributed by atoms with van der Waals surface area (Å²) in [5, 5.41) is 14.2. The first-order chi connectivity index (χ1) is 6.32. The molecule has 1 rings (SSSR count). The van der Waals surface area contributed by atoms with E-state index in [2.05, 4.69) is 0 Å². The normalized spacial score (nSPS) is 14.0. The molecule has 0 bridgehead atoms. The van der Waals surface area contributed by atoms with Crippen molar-refractivity contribution in [3.63, 3.8) is 0 Å². The second-order valence-corrected chi connectivity index (χ2v) is 4.85. The standard InChI is InChI=1S/C8H10ClNO3S/c1-5(11)6-2-3-7(9)8(4-6)14(10,12)13/h2-5,11H,1H3,(H2,10,12,13). The fraction of sp³-hybridized carbons (Fsp3) is 0.250. The summed E-state index contributed by atoms with van der Waals surface area (Å²) in [4.78, 5) is -0.169. The van der Waals surface area contributed by atoms with Gasteiger partial charge in [0.25, 0.3) is 0 Å². The Kier molecular flexibility index (Phi) is 3.16. The maximum Gasteiger partial charge on any atom is 0.239 e. The van der Waals surface area contributed by atoms with Crippen molar-refractivity contribution < 1.29 is 13.5 Å². The summed E-state index contributed by atoms with van der Waals surface area (Å²) in [6, 6.07) is 4.20. The number of hydrogen-bond acceptors (Lipinski definition) is 3. The van der Waals surface area contributed by atoms with Gasteiger partial charge in [0.05, 0.1) is 11.1 Å². The van der Waals surface area contributed by atoms with Crippen molar-refractivity contribution in [3.05, 3.63) is 28.8 Å². The van der Waals surface area contributed by atoms with Crippen LogP contribution >= 0.6 is 11.6 Å². The molecule has 0 fully saturated rings. The van der Waals surface area contributed by atoms with Crippen molar-refractivity contribution in [3.8, 4) is 0 Å². The molecule has 1 atom stereocenters. The topological polar surface area (TPSA) is 80.4 Å². The molecule has 3 N–H and O–H groups in total. The van der Waals surface area contributed by atoms with Crippen LogP contribution in [0.25, 0.3) is 0 Å². The highest BCUT2D eigenvalue weighted by atomic mass is 35.5. The van der Waals surface area contributed by atoms with Gasteiger partial charge in [0.2, 0.25) is 10.0 Å². The fourth-order valence-electron chi connectivity index (χ4n) is 0.998. The molecule has 0 aliphatic heterocycles. The minimum Gasteiger partial charge on any atom is -0.389 e. The Labute approximate surface area is 87.4 Å². The average Bonchev–Trinajstić information content (AvgIpc) is 2.02. The molecule has 1 unspecified atom stereocenters. The lowest BCUT2D eigenvalue weighted by molar-refractivity contribution is 0.199. The highest BCUT2D eigenvalue weighted by Gasteiger charge is 2.14. The van der Waals surface area contributed by atoms with Crippen LogP contribution in [0.5, 0.6) is 0 Å². The third-order valence-corrected chi connectivity index (χ3v) is 3.14. The van der Waals surface area contributed by atoms with E-state index in [4.69, 9.17) is 16.7 Å². The number of primary sulfonamides is 1. The molecule has 0 saturated heterocycles. The quantitative estimate of drug-likeness (QED) is 0.804. The molecule has 6 heteroatoms. The lowest BCUT2D eigenvalue weighted by atomic mass is 10.1. The number of hydrogen-bond donors (Lipinski definition) is 2. The first-order valence-corrected chi connectivity index (χ1v) is 5.75. The number of halogens is 1. The van der Waals surface area contributed by atoms with E-state index in [-0.39, 0.29) is 9.92 Å². The van der Waals surface area contributed by atoms with Crippen LogP contribution in [0.2, 0.25) is 5.02 Å². The molecule has 1 aromatic carbocycles. The minimum absolute atomic E-state index is 0.0527. The Bertz CT molecular complexity index is 442. The van der Waals surface area contributed by atoms with Crippen LogP contribution in [-0.2, 0) is 10.0 Å². The molecule has 0 spiro atoms. The minimum atomic E-state index is -3.83. The summed E-state index contributed by atoms with van der Waals surface area (Å²) >= 11 is 5.64. The molecule has 0 aliphatic rings. The van der Waals surface area contributed by atoms with Crippen molar-refractivity contribution in [1.29, 1.82) is 0 Å². The molecule has 1 aromatic rings. The van der Waals surface area contributed by atoms with E-state index in [1.54, 1.807) is 6.07 Å². The largest absolute Gasteiger partial charge is 0.389 e. The molecule has 0 aliphatic carbocycles. The number of nitrogens with two attached hydrogens (primary N) is 1. The van der Waals surface area contributed by atoms with Crippen molar-refractivity contribution in [1.82, 2.24) is 0 Å². The molecule has 0 saturated carbocycles. The number of aliphatic hydroxyl groups excluding tert-OH is 1. The third-order valence-electron chi connectivity index (χ3n) is 1.74. The van der Waals surface area contributed by atoms with Crippen molar-refractivity contribution >= 4 is 21.6 Å². The van der Waals surface area contributed by atoms with Crippen molar-refractivity contribution in [2.75, 3.05) is 0 Å². The Balaban J connectivity index is 3.37. The van der Waals surface area contributed by atoms with Gasteiger partial charge in [-0.3, -0.25) is 0 Å². The predicted molar refractivity (Wildman–Crippen MR) is 53.5 cm³/mol. The van der Waals surface area contributed by atoms with E-state index in [1.165, 1.54) is 19.1 Å². The second kappa shape index (κ2) is 3.86. The number of sulfonamides is 1. The molecule has 0 aromatic heterocycles. The lowest BCUT2D eigenvalue weighted by Gasteiger charge is -2.07. The summed E-state index contributed by atoms with van der Waals surface area (Å²) in [5.41, 5.74) is 0.457. The first-order valence-electron chi connectivity index (χ1n) is 3.82. The molecule has 14 heavy (non-hydrogen) atoms. The zero-order valence-corrected chi connectivity index (χ0v) is 9.01. The van der Waals surface area contributed by atoms with Crippen molar-refractivity contribution in [2.24, 2.45) is 5.14 Å². The Hall–Kier alpha value is -0.620. The molecular weight excluding hydrogens is 226 g/mol. The van der Waals surface area contributed by atoms with Gasteiger partial charge in [-0.15, -0.1) is 0 Å². The summed E-state index contributed by atoms with van der Waals surface area (Å²) in [5.74, 6) is 0. The van der Waals surface area contributed by atoms with Crippen molar-refractivity contribution in [2.45, 2.75) is 17.9 Å². The van der Waals surface area contributed by atoms with E-state index in [1.807, 2.05) is 0 Å². The van der Waals surface area contributed by atoms with Gasteiger partial charge in [-0.1, -0.05) is 17.7 Å². The van der Waals surface area contributed by atoms with Gasteiger partial charge in [-0.05, 0) is 24.6 Å². The van der Waals surface area contributed by atoms with Gasteiger partial charge in [0, 0.05) is 0 Å². The molecule has 4 nitrogen and oxygen atoms in total. The summed E-state index contributed by atoms with van der Waals surface area (Å²) in [6.45, 7) is 1.52. The van der Waals surface area contributed by atoms with Crippen LogP contribution in [0.3, 0.4) is 0 Å². The van der Waals surface area contributed by atoms with Gasteiger partial charge in [0.15, 0.2) is 0 Å². The van der Waals surface area contributed by atoms with E-state index < -0.39 is 16.1 Å². The van der Waals surface area contributed by atoms with E-state index in [0.29, 0.717) is 5.56 Å². The monoisotopic (exact) mass is 235 g/mol. The van der Waals surface area contributed by atoms with Crippen LogP contribution in [-0.4, -0.2) is 13.5 Å². The van der Waals surface area contributed by atoms with Gasteiger partial charge in [0.1, 0.15) is 4.90 Å². The fourth-order valence-corrected chi connectivity index (χ4v) is 2.08. The second-order valence-electron chi connectivity index (χ2n) is 2.91. The number of rotatable bonds is 2. The first kappa shape index (κ1) is 11.5. The molecule has 78 valence electrons. The molecular formula is C8H10ClNO3S. The van der Waals surface area contributed by atoms with E-state index in [0.717, 1.165) is 0 Å². The zero-order valence-electron chi connectivity index (χ0n) is 7.44. The summed E-state index contributed by atoms with van der Waals surface area (Å²) < 4.78 is 22.1. The maximum atomic E-state index is 11.0. The van der Waals surface area contributed by atoms with Crippen LogP contribution in [0.1, 0.15) is 18.6 Å². The summed E-state index contributed by atoms with van der Waals surface area (Å²) in [6.07, 6.45) is -0.757. The smallest absolute Gasteiger partial charge is 0.239 e. The Morgan fingerprint density at radius 3 is 2.50 bits per heavy atom. The molecule has 0 heterocycles. The van der Waals surface area contributed by atoms with Gasteiger partial charge >= 0.3 is 0 Å². The molecule has 0 radical (unpaired) electrons. The van der Waals surface area contributed by atoms with Gasteiger partial charge in [-0.25, -0.2) is 13.6 Å². The number of aliphatic hydroxyl groups is 1. The summed E-state index contributed by atoms with van der Waals surface area (Å²) in [7, 11) is -3.83. The van der Waals surface area contributed by atoms with Crippen LogP contribution in [0.15, 0.2) is 23.1 Å². The zero-order chi connectivity index (χ0) is 10.9. The average molecular weight is 236 g/mol. The Morgan fingerprint density at radius 1 is 1.50 bits per heavy atom. The Morgan fingerprint density at radius 2 is 2.07 bits per heavy atom. The van der Waals surface area contributed by atoms with Gasteiger partial charge < -0.3 is 5.11 Å². The highest BCUT2D eigenvalue weighted by molar-refractivity contribution is 7.89. The molecule has 0 amide bonds. The van der Waals surface area contributed by atoms with Crippen LogP contribution in [0.4, 0.5) is 0 Å². The number of benzene rings is 1. The lowest BCUT2D eigenvalue weighted by Crippen LogP contribution is -2.13. The predicted octanol–water partition coefficient (Wildman–Crippen LogP) is 1.04. The van der Waals surface area contributed by atoms with Crippen LogP contribution in [0, 0.1) is 0 Å². The maximum absolute atomic E-state index is 11.0. The highest BCUT2D eigenvalue weighted by Crippen LogP contribution is 2.24. The van der Waals surface area contributed by atoms with Gasteiger partial charge in [-0.2, -0.15) is 0 Å². The van der Waals surface area contributed by atoms with Crippen LogP contribution < -0.4 is 5.14 Å². The van der Waals surface area contributed by atoms with E-state index in [9.17, 15) is 13.5 Å².